The summed E-state index contributed by atoms with van der Waals surface area (Å²) in [5.74, 6) is 0.832. The van der Waals surface area contributed by atoms with E-state index in [-0.39, 0.29) is 6.61 Å². The molecular formula is C18H18N4O3. The molecule has 7 nitrogen and oxygen atoms in total. The van der Waals surface area contributed by atoms with Gasteiger partial charge in [-0.3, -0.25) is 0 Å². The molecule has 0 amide bonds. The summed E-state index contributed by atoms with van der Waals surface area (Å²) in [4.78, 5) is 15.5. The molecule has 0 aliphatic carbocycles. The van der Waals surface area contributed by atoms with Gasteiger partial charge >= 0.3 is 5.97 Å². The molecule has 3 rings (SSSR count). The van der Waals surface area contributed by atoms with Crippen molar-refractivity contribution in [3.05, 3.63) is 54.1 Å². The second-order valence-electron chi connectivity index (χ2n) is 5.29. The number of methoxy groups -OCH3 is 1. The molecule has 0 aliphatic heterocycles. The monoisotopic (exact) mass is 338 g/mol. The Bertz CT molecular complexity index is 900. The molecule has 0 fully saturated rings. The lowest BCUT2D eigenvalue weighted by Gasteiger charge is -2.04. The van der Waals surface area contributed by atoms with E-state index in [1.54, 1.807) is 18.3 Å². The van der Waals surface area contributed by atoms with E-state index in [2.05, 4.69) is 20.2 Å². The highest BCUT2D eigenvalue weighted by Gasteiger charge is 2.05. The Morgan fingerprint density at radius 1 is 1.24 bits per heavy atom. The number of hydrogen-bond acceptors (Lipinski definition) is 6. The summed E-state index contributed by atoms with van der Waals surface area (Å²) in [7, 11) is 3.25. The molecule has 0 spiro atoms. The van der Waals surface area contributed by atoms with E-state index in [0.29, 0.717) is 11.7 Å². The van der Waals surface area contributed by atoms with Crippen LogP contribution >= 0.6 is 0 Å². The van der Waals surface area contributed by atoms with Gasteiger partial charge in [0.25, 0.3) is 0 Å². The average Bonchev–Trinajstić information content (AvgIpc) is 2.97. The summed E-state index contributed by atoms with van der Waals surface area (Å²) >= 11 is 0. The van der Waals surface area contributed by atoms with Crippen molar-refractivity contribution in [2.24, 2.45) is 12.1 Å². The van der Waals surface area contributed by atoms with Crippen molar-refractivity contribution in [3.63, 3.8) is 0 Å². The van der Waals surface area contributed by atoms with Gasteiger partial charge in [0.05, 0.1) is 24.4 Å². The second kappa shape index (κ2) is 7.48. The van der Waals surface area contributed by atoms with E-state index >= 15 is 0 Å². The molecule has 0 saturated carbocycles. The Hall–Kier alpha value is -3.35. The predicted molar refractivity (Wildman–Crippen MR) is 95.9 cm³/mol. The Kier molecular flexibility index (Phi) is 4.94. The number of carbonyl (C=O) groups is 1. The van der Waals surface area contributed by atoms with Gasteiger partial charge in [-0.05, 0) is 42.0 Å². The SMILES string of the molecule is COC(=O)COc1ccc(/C=N\Nc2nc3ccccc3n2C)cc1. The summed E-state index contributed by atoms with van der Waals surface area (Å²) in [5, 5.41) is 4.21. The van der Waals surface area contributed by atoms with Crippen LogP contribution in [0.25, 0.3) is 11.0 Å². The minimum Gasteiger partial charge on any atom is -0.482 e. The number of ether oxygens (including phenoxy) is 2. The van der Waals surface area contributed by atoms with E-state index in [0.717, 1.165) is 16.6 Å². The quantitative estimate of drug-likeness (QED) is 0.425. The van der Waals surface area contributed by atoms with Gasteiger partial charge in [0, 0.05) is 7.05 Å². The largest absolute Gasteiger partial charge is 0.482 e. The number of carbonyl (C=O) groups excluding carboxylic acids is 1. The summed E-state index contributed by atoms with van der Waals surface area (Å²) in [5.41, 5.74) is 5.77. The van der Waals surface area contributed by atoms with Crippen molar-refractivity contribution in [1.82, 2.24) is 9.55 Å². The number of fused-ring (bicyclic) bond motifs is 1. The van der Waals surface area contributed by atoms with E-state index in [1.165, 1.54) is 7.11 Å². The maximum atomic E-state index is 11.0. The van der Waals surface area contributed by atoms with Gasteiger partial charge in [0.15, 0.2) is 6.61 Å². The first-order valence-electron chi connectivity index (χ1n) is 7.67. The molecule has 1 N–H and O–H groups in total. The molecule has 2 aromatic carbocycles. The van der Waals surface area contributed by atoms with Crippen LogP contribution < -0.4 is 10.2 Å². The Morgan fingerprint density at radius 3 is 2.72 bits per heavy atom. The summed E-state index contributed by atoms with van der Waals surface area (Å²) in [6.07, 6.45) is 1.68. The number of imidazole rings is 1. The fraction of sp³-hybridized carbons (Fsp3) is 0.167. The molecule has 0 unspecified atom stereocenters. The number of esters is 1. The van der Waals surface area contributed by atoms with Crippen molar-refractivity contribution in [1.29, 1.82) is 0 Å². The number of nitrogens with zero attached hydrogens (tertiary/aromatic N) is 3. The van der Waals surface area contributed by atoms with Gasteiger partial charge in [-0.1, -0.05) is 12.1 Å². The lowest BCUT2D eigenvalue weighted by atomic mass is 10.2. The van der Waals surface area contributed by atoms with Crippen LogP contribution in [-0.4, -0.2) is 35.5 Å². The Balaban J connectivity index is 1.61. The van der Waals surface area contributed by atoms with Crippen LogP contribution in [0.15, 0.2) is 53.6 Å². The number of aryl methyl sites for hydroxylation is 1. The smallest absolute Gasteiger partial charge is 0.343 e. The maximum Gasteiger partial charge on any atom is 0.343 e. The van der Waals surface area contributed by atoms with Gasteiger partial charge in [0.1, 0.15) is 5.75 Å². The number of rotatable bonds is 6. The van der Waals surface area contributed by atoms with Crippen molar-refractivity contribution in [3.8, 4) is 5.75 Å². The third-order valence-electron chi connectivity index (χ3n) is 3.63. The molecule has 0 saturated heterocycles. The van der Waals surface area contributed by atoms with E-state index in [4.69, 9.17) is 4.74 Å². The molecule has 7 heteroatoms. The summed E-state index contributed by atoms with van der Waals surface area (Å²) in [6, 6.07) is 15.1. The zero-order valence-electron chi connectivity index (χ0n) is 14.0. The van der Waals surface area contributed by atoms with Crippen molar-refractivity contribution in [2.75, 3.05) is 19.1 Å². The summed E-state index contributed by atoms with van der Waals surface area (Å²) < 4.78 is 11.8. The van der Waals surface area contributed by atoms with Crippen LogP contribution in [0, 0.1) is 0 Å². The third kappa shape index (κ3) is 3.95. The fourth-order valence-electron chi connectivity index (χ4n) is 2.26. The molecule has 25 heavy (non-hydrogen) atoms. The third-order valence-corrected chi connectivity index (χ3v) is 3.63. The number of aromatic nitrogens is 2. The van der Waals surface area contributed by atoms with Gasteiger partial charge in [0.2, 0.25) is 5.95 Å². The fourth-order valence-corrected chi connectivity index (χ4v) is 2.26. The normalized spacial score (nSPS) is 11.0. The zero-order valence-corrected chi connectivity index (χ0v) is 14.0. The highest BCUT2D eigenvalue weighted by atomic mass is 16.6. The van der Waals surface area contributed by atoms with E-state index < -0.39 is 5.97 Å². The highest BCUT2D eigenvalue weighted by Crippen LogP contribution is 2.17. The number of para-hydroxylation sites is 2. The van der Waals surface area contributed by atoms with Gasteiger partial charge < -0.3 is 14.0 Å². The molecule has 1 heterocycles. The topological polar surface area (TPSA) is 77.7 Å². The van der Waals surface area contributed by atoms with Crippen LogP contribution in [0.5, 0.6) is 5.75 Å². The van der Waals surface area contributed by atoms with Crippen molar-refractivity contribution >= 4 is 29.2 Å². The van der Waals surface area contributed by atoms with E-state index in [9.17, 15) is 4.79 Å². The first kappa shape index (κ1) is 16.5. The minimum atomic E-state index is -0.419. The van der Waals surface area contributed by atoms with Crippen LogP contribution in [0.3, 0.4) is 0 Å². The maximum absolute atomic E-state index is 11.0. The first-order chi connectivity index (χ1) is 12.2. The van der Waals surface area contributed by atoms with Gasteiger partial charge in [-0.25, -0.2) is 15.2 Å². The van der Waals surface area contributed by atoms with Gasteiger partial charge in [-0.2, -0.15) is 5.10 Å². The number of nitrogens with one attached hydrogen (secondary N) is 1. The lowest BCUT2D eigenvalue weighted by molar-refractivity contribution is -0.142. The summed E-state index contributed by atoms with van der Waals surface area (Å²) in [6.45, 7) is -0.113. The van der Waals surface area contributed by atoms with Crippen molar-refractivity contribution in [2.45, 2.75) is 0 Å². The molecule has 1 aromatic heterocycles. The number of hydrogen-bond donors (Lipinski definition) is 1. The van der Waals surface area contributed by atoms with E-state index in [1.807, 2.05) is 48.0 Å². The molecule has 0 radical (unpaired) electrons. The molecule has 0 atom stereocenters. The Labute approximate surface area is 144 Å². The number of benzene rings is 2. The lowest BCUT2D eigenvalue weighted by Crippen LogP contribution is -2.12. The molecule has 0 aliphatic rings. The van der Waals surface area contributed by atoms with Gasteiger partial charge in [-0.15, -0.1) is 0 Å². The Morgan fingerprint density at radius 2 is 2.00 bits per heavy atom. The first-order valence-corrected chi connectivity index (χ1v) is 7.67. The minimum absolute atomic E-state index is 0.113. The van der Waals surface area contributed by atoms with Crippen LogP contribution in [0.4, 0.5) is 5.95 Å². The van der Waals surface area contributed by atoms with Crippen LogP contribution in [0.1, 0.15) is 5.56 Å². The molecule has 0 bridgehead atoms. The van der Waals surface area contributed by atoms with Crippen molar-refractivity contribution < 1.29 is 14.3 Å². The van der Waals surface area contributed by atoms with Crippen LogP contribution in [-0.2, 0) is 16.6 Å². The zero-order chi connectivity index (χ0) is 17.6. The number of hydrazone groups is 1. The van der Waals surface area contributed by atoms with Crippen LogP contribution in [0.2, 0.25) is 0 Å². The molecular weight excluding hydrogens is 320 g/mol. The number of anilines is 1. The standard InChI is InChI=1S/C18H18N4O3/c1-22-16-6-4-3-5-15(16)20-18(22)21-19-11-13-7-9-14(10-8-13)25-12-17(23)24-2/h3-11H,12H2,1-2H3,(H,20,21)/b19-11-. The highest BCUT2D eigenvalue weighted by molar-refractivity contribution is 5.81. The average molecular weight is 338 g/mol. The predicted octanol–water partition coefficient (Wildman–Crippen LogP) is 2.57. The molecule has 128 valence electrons. The molecule has 3 aromatic rings. The second-order valence-corrected chi connectivity index (χ2v) is 5.29.